The lowest BCUT2D eigenvalue weighted by Crippen LogP contribution is -2.32. The van der Waals surface area contributed by atoms with E-state index in [1.807, 2.05) is 0 Å². The molecule has 0 aromatic heterocycles. The second-order valence-electron chi connectivity index (χ2n) is 4.27. The van der Waals surface area contributed by atoms with Crippen LogP contribution in [-0.2, 0) is 4.74 Å². The van der Waals surface area contributed by atoms with Gasteiger partial charge >= 0.3 is 0 Å². The molecule has 0 fully saturated rings. The Kier molecular flexibility index (Phi) is 6.29. The number of nitrogens with zero attached hydrogens (tertiary/aromatic N) is 1. The number of rotatable bonds is 7. The molecule has 0 spiro atoms. The van der Waals surface area contributed by atoms with E-state index >= 15 is 0 Å². The number of methoxy groups -OCH3 is 1. The maximum atomic E-state index is 5.31. The van der Waals surface area contributed by atoms with Gasteiger partial charge in [0, 0.05) is 20.2 Å². The van der Waals surface area contributed by atoms with Crippen LogP contribution >= 0.6 is 0 Å². The molecule has 0 aliphatic rings. The first-order valence-electron chi connectivity index (χ1n) is 4.88. The van der Waals surface area contributed by atoms with Crippen LogP contribution in [0.3, 0.4) is 0 Å². The van der Waals surface area contributed by atoms with Gasteiger partial charge in [-0.05, 0) is 40.9 Å². The van der Waals surface area contributed by atoms with E-state index in [0.29, 0.717) is 0 Å². The molecule has 0 rings (SSSR count). The van der Waals surface area contributed by atoms with E-state index in [2.05, 4.69) is 38.2 Å². The van der Waals surface area contributed by atoms with Gasteiger partial charge < -0.3 is 15.0 Å². The summed E-state index contributed by atoms with van der Waals surface area (Å²) in [7, 11) is 5.93. The van der Waals surface area contributed by atoms with Crippen molar-refractivity contribution in [2.45, 2.75) is 25.9 Å². The zero-order valence-corrected chi connectivity index (χ0v) is 9.68. The standard InChI is InChI=1S/C10H24N2O/c1-10(2,13-5)6-7-11-8-9-12(3)4/h11H,6-9H2,1-5H3. The van der Waals surface area contributed by atoms with Crippen LogP contribution in [0.4, 0.5) is 0 Å². The van der Waals surface area contributed by atoms with Gasteiger partial charge in [-0.3, -0.25) is 0 Å². The molecule has 3 heteroatoms. The summed E-state index contributed by atoms with van der Waals surface area (Å²) < 4.78 is 5.31. The molecule has 13 heavy (non-hydrogen) atoms. The molecular formula is C10H24N2O. The summed E-state index contributed by atoms with van der Waals surface area (Å²) in [6, 6.07) is 0. The first-order valence-corrected chi connectivity index (χ1v) is 4.88. The van der Waals surface area contributed by atoms with E-state index in [-0.39, 0.29) is 5.60 Å². The summed E-state index contributed by atoms with van der Waals surface area (Å²) >= 11 is 0. The van der Waals surface area contributed by atoms with E-state index < -0.39 is 0 Å². The van der Waals surface area contributed by atoms with Gasteiger partial charge in [0.15, 0.2) is 0 Å². The Hall–Kier alpha value is -0.120. The maximum absolute atomic E-state index is 5.31. The Labute approximate surface area is 82.4 Å². The van der Waals surface area contributed by atoms with E-state index in [1.54, 1.807) is 7.11 Å². The second kappa shape index (κ2) is 6.35. The normalized spacial score (nSPS) is 12.5. The van der Waals surface area contributed by atoms with Crippen molar-refractivity contribution in [3.05, 3.63) is 0 Å². The lowest BCUT2D eigenvalue weighted by molar-refractivity contribution is 0.0158. The zero-order valence-electron chi connectivity index (χ0n) is 9.68. The average molecular weight is 188 g/mol. The Morgan fingerprint density at radius 2 is 1.85 bits per heavy atom. The van der Waals surface area contributed by atoms with Gasteiger partial charge in [0.25, 0.3) is 0 Å². The lowest BCUT2D eigenvalue weighted by Gasteiger charge is -2.23. The van der Waals surface area contributed by atoms with Crippen molar-refractivity contribution in [1.29, 1.82) is 0 Å². The highest BCUT2D eigenvalue weighted by Gasteiger charge is 2.14. The van der Waals surface area contributed by atoms with E-state index in [1.165, 1.54) is 0 Å². The van der Waals surface area contributed by atoms with Gasteiger partial charge in [-0.15, -0.1) is 0 Å². The molecule has 0 aromatic carbocycles. The van der Waals surface area contributed by atoms with Crippen LogP contribution in [0.2, 0.25) is 0 Å². The minimum absolute atomic E-state index is 0.00508. The molecule has 0 heterocycles. The monoisotopic (exact) mass is 188 g/mol. The van der Waals surface area contributed by atoms with Crippen LogP contribution in [0.5, 0.6) is 0 Å². The summed E-state index contributed by atoms with van der Waals surface area (Å²) in [5.74, 6) is 0. The summed E-state index contributed by atoms with van der Waals surface area (Å²) in [4.78, 5) is 2.18. The topological polar surface area (TPSA) is 24.5 Å². The molecule has 0 saturated carbocycles. The maximum Gasteiger partial charge on any atom is 0.0634 e. The van der Waals surface area contributed by atoms with Gasteiger partial charge in [-0.1, -0.05) is 0 Å². The average Bonchev–Trinajstić information content (AvgIpc) is 2.03. The van der Waals surface area contributed by atoms with Crippen molar-refractivity contribution in [2.24, 2.45) is 0 Å². The molecule has 0 unspecified atom stereocenters. The zero-order chi connectivity index (χ0) is 10.3. The van der Waals surface area contributed by atoms with Crippen LogP contribution in [0, 0.1) is 0 Å². The van der Waals surface area contributed by atoms with Crippen molar-refractivity contribution in [3.8, 4) is 0 Å². The van der Waals surface area contributed by atoms with E-state index in [0.717, 1.165) is 26.1 Å². The third-order valence-electron chi connectivity index (χ3n) is 2.19. The second-order valence-corrected chi connectivity index (χ2v) is 4.27. The minimum atomic E-state index is 0.00508. The number of nitrogens with one attached hydrogen (secondary N) is 1. The van der Waals surface area contributed by atoms with Gasteiger partial charge in [0.1, 0.15) is 0 Å². The molecule has 0 radical (unpaired) electrons. The summed E-state index contributed by atoms with van der Waals surface area (Å²) in [6.45, 7) is 7.39. The summed E-state index contributed by atoms with van der Waals surface area (Å²) in [5.41, 5.74) is 0.00508. The predicted octanol–water partition coefficient (Wildman–Crippen LogP) is 0.953. The molecule has 0 bridgehead atoms. The minimum Gasteiger partial charge on any atom is -0.379 e. The fourth-order valence-corrected chi connectivity index (χ4v) is 0.919. The summed E-state index contributed by atoms with van der Waals surface area (Å²) in [5, 5.41) is 3.39. The van der Waals surface area contributed by atoms with Gasteiger partial charge in [-0.2, -0.15) is 0 Å². The number of likely N-dealkylation sites (N-methyl/N-ethyl adjacent to an activating group) is 1. The largest absolute Gasteiger partial charge is 0.379 e. The molecule has 0 aliphatic heterocycles. The van der Waals surface area contributed by atoms with Crippen molar-refractivity contribution in [1.82, 2.24) is 10.2 Å². The smallest absolute Gasteiger partial charge is 0.0634 e. The molecule has 0 amide bonds. The highest BCUT2D eigenvalue weighted by molar-refractivity contribution is 4.68. The molecule has 0 aliphatic carbocycles. The van der Waals surface area contributed by atoms with Crippen LogP contribution in [-0.4, -0.2) is 51.3 Å². The first kappa shape index (κ1) is 12.9. The van der Waals surface area contributed by atoms with Gasteiger partial charge in [0.2, 0.25) is 0 Å². The van der Waals surface area contributed by atoms with E-state index in [4.69, 9.17) is 4.74 Å². The molecule has 3 nitrogen and oxygen atoms in total. The third-order valence-corrected chi connectivity index (χ3v) is 2.19. The van der Waals surface area contributed by atoms with Crippen LogP contribution in [0.25, 0.3) is 0 Å². The van der Waals surface area contributed by atoms with Crippen LogP contribution in [0.15, 0.2) is 0 Å². The SMILES string of the molecule is COC(C)(C)CCNCCN(C)C. The number of hydrogen-bond acceptors (Lipinski definition) is 3. The Morgan fingerprint density at radius 3 is 2.31 bits per heavy atom. The lowest BCUT2D eigenvalue weighted by atomic mass is 10.1. The first-order chi connectivity index (χ1) is 5.98. The third kappa shape index (κ3) is 8.22. The van der Waals surface area contributed by atoms with Crippen molar-refractivity contribution in [3.63, 3.8) is 0 Å². The molecule has 1 N–H and O–H groups in total. The molecular weight excluding hydrogens is 164 g/mol. The van der Waals surface area contributed by atoms with Crippen molar-refractivity contribution in [2.75, 3.05) is 40.8 Å². The van der Waals surface area contributed by atoms with Crippen LogP contribution in [0.1, 0.15) is 20.3 Å². The molecule has 0 aromatic rings. The van der Waals surface area contributed by atoms with E-state index in [9.17, 15) is 0 Å². The van der Waals surface area contributed by atoms with Crippen LogP contribution < -0.4 is 5.32 Å². The van der Waals surface area contributed by atoms with Gasteiger partial charge in [-0.25, -0.2) is 0 Å². The quantitative estimate of drug-likeness (QED) is 0.602. The highest BCUT2D eigenvalue weighted by atomic mass is 16.5. The Morgan fingerprint density at radius 1 is 1.23 bits per heavy atom. The molecule has 0 saturated heterocycles. The fraction of sp³-hybridized carbons (Fsp3) is 1.00. The molecule has 0 atom stereocenters. The number of hydrogen-bond donors (Lipinski definition) is 1. The Balaban J connectivity index is 3.26. The highest BCUT2D eigenvalue weighted by Crippen LogP contribution is 2.10. The van der Waals surface area contributed by atoms with Crippen molar-refractivity contribution < 1.29 is 4.74 Å². The van der Waals surface area contributed by atoms with Crippen molar-refractivity contribution >= 4 is 0 Å². The summed E-state index contributed by atoms with van der Waals surface area (Å²) in [6.07, 6.45) is 1.05. The number of ether oxygens (including phenoxy) is 1. The van der Waals surface area contributed by atoms with Gasteiger partial charge in [0.05, 0.1) is 5.60 Å². The fourth-order valence-electron chi connectivity index (χ4n) is 0.919. The Bertz CT molecular complexity index is 124. The molecule has 80 valence electrons. The predicted molar refractivity (Wildman–Crippen MR) is 57.1 cm³/mol.